The SMILES string of the molecule is C=CC(=O)N1CCCC(N(C)CCNc2cc3cc(c2)Nc2nccc(n2)-c2cccc(c2)OCC/C=C/CN(C)C3)C1. The molecule has 3 aromatic rings. The molecule has 43 heavy (non-hydrogen) atoms. The first-order valence-corrected chi connectivity index (χ1v) is 15.1. The molecule has 2 aliphatic rings. The van der Waals surface area contributed by atoms with E-state index in [1.165, 1.54) is 11.6 Å². The minimum Gasteiger partial charge on any atom is -0.493 e. The summed E-state index contributed by atoms with van der Waals surface area (Å²) in [7, 11) is 4.27. The van der Waals surface area contributed by atoms with E-state index in [0.29, 0.717) is 18.6 Å². The zero-order valence-electron chi connectivity index (χ0n) is 25.3. The van der Waals surface area contributed by atoms with Gasteiger partial charge in [0.15, 0.2) is 0 Å². The molecule has 9 nitrogen and oxygen atoms in total. The van der Waals surface area contributed by atoms with Gasteiger partial charge in [-0.25, -0.2) is 9.97 Å². The van der Waals surface area contributed by atoms with Crippen molar-refractivity contribution in [2.75, 3.05) is 64.1 Å². The van der Waals surface area contributed by atoms with E-state index in [2.05, 4.69) is 76.4 Å². The highest BCUT2D eigenvalue weighted by molar-refractivity contribution is 5.87. The van der Waals surface area contributed by atoms with Gasteiger partial charge in [-0.2, -0.15) is 0 Å². The van der Waals surface area contributed by atoms with Gasteiger partial charge in [-0.05, 0) is 81.4 Å². The minimum atomic E-state index is 0.0220. The number of benzene rings is 2. The quantitative estimate of drug-likeness (QED) is 0.304. The van der Waals surface area contributed by atoms with Crippen molar-refractivity contribution in [1.82, 2.24) is 24.7 Å². The fourth-order valence-corrected chi connectivity index (χ4v) is 5.61. The van der Waals surface area contributed by atoms with E-state index in [-0.39, 0.29) is 5.91 Å². The van der Waals surface area contributed by atoms with Crippen molar-refractivity contribution in [3.05, 3.63) is 85.1 Å². The van der Waals surface area contributed by atoms with E-state index in [0.717, 1.165) is 86.9 Å². The summed E-state index contributed by atoms with van der Waals surface area (Å²) < 4.78 is 5.98. The predicted molar refractivity (Wildman–Crippen MR) is 174 cm³/mol. The minimum absolute atomic E-state index is 0.0220. The lowest BCUT2D eigenvalue weighted by molar-refractivity contribution is -0.127. The van der Waals surface area contributed by atoms with Crippen molar-refractivity contribution in [2.24, 2.45) is 0 Å². The number of carbonyl (C=O) groups excluding carboxylic acids is 1. The Morgan fingerprint density at radius 2 is 2.14 bits per heavy atom. The Bertz CT molecular complexity index is 1430. The number of nitrogens with one attached hydrogen (secondary N) is 2. The van der Waals surface area contributed by atoms with Crippen LogP contribution < -0.4 is 15.4 Å². The van der Waals surface area contributed by atoms with Crippen LogP contribution in [0.1, 0.15) is 24.8 Å². The normalized spacial score (nSPS) is 18.5. The number of ether oxygens (including phenoxy) is 1. The van der Waals surface area contributed by atoms with E-state index in [1.807, 2.05) is 35.2 Å². The molecule has 1 saturated heterocycles. The van der Waals surface area contributed by atoms with Gasteiger partial charge >= 0.3 is 0 Å². The number of rotatable bonds is 6. The summed E-state index contributed by atoms with van der Waals surface area (Å²) >= 11 is 0. The van der Waals surface area contributed by atoms with E-state index in [1.54, 1.807) is 6.20 Å². The monoisotopic (exact) mass is 581 g/mol. The smallest absolute Gasteiger partial charge is 0.246 e. The fraction of sp³-hybridized carbons (Fsp3) is 0.382. The van der Waals surface area contributed by atoms with Crippen molar-refractivity contribution in [1.29, 1.82) is 0 Å². The number of hydrogen-bond acceptors (Lipinski definition) is 8. The molecule has 0 spiro atoms. The molecule has 1 unspecified atom stereocenters. The first-order chi connectivity index (χ1) is 21.0. The number of likely N-dealkylation sites (tertiary alicyclic amines) is 1. The van der Waals surface area contributed by atoms with Gasteiger partial charge in [0.25, 0.3) is 0 Å². The molecule has 5 rings (SSSR count). The van der Waals surface area contributed by atoms with Gasteiger partial charge < -0.3 is 20.3 Å². The predicted octanol–water partition coefficient (Wildman–Crippen LogP) is 5.18. The number of amides is 1. The number of carbonyl (C=O) groups is 1. The Kier molecular flexibility index (Phi) is 10.4. The zero-order valence-corrected chi connectivity index (χ0v) is 25.3. The highest BCUT2D eigenvalue weighted by Crippen LogP contribution is 2.26. The number of aromatic nitrogens is 2. The Balaban J connectivity index is 1.32. The molecule has 1 amide bonds. The third-order valence-corrected chi connectivity index (χ3v) is 7.92. The van der Waals surface area contributed by atoms with Crippen LogP contribution in [-0.2, 0) is 11.3 Å². The van der Waals surface area contributed by atoms with Crippen molar-refractivity contribution in [3.8, 4) is 17.0 Å². The summed E-state index contributed by atoms with van der Waals surface area (Å²) in [6.45, 7) is 9.14. The maximum Gasteiger partial charge on any atom is 0.246 e. The fourth-order valence-electron chi connectivity index (χ4n) is 5.61. The second kappa shape index (κ2) is 14.8. The summed E-state index contributed by atoms with van der Waals surface area (Å²) in [4.78, 5) is 28.0. The largest absolute Gasteiger partial charge is 0.493 e. The van der Waals surface area contributed by atoms with Crippen LogP contribution in [0.3, 0.4) is 0 Å². The average molecular weight is 582 g/mol. The van der Waals surface area contributed by atoms with Gasteiger partial charge in [-0.15, -0.1) is 0 Å². The molecular formula is C34H43N7O2. The van der Waals surface area contributed by atoms with Crippen LogP contribution in [0.4, 0.5) is 17.3 Å². The number of nitrogens with zero attached hydrogens (tertiary/aromatic N) is 5. The zero-order chi connectivity index (χ0) is 30.0. The van der Waals surface area contributed by atoms with E-state index in [4.69, 9.17) is 9.72 Å². The van der Waals surface area contributed by atoms with Crippen molar-refractivity contribution >= 4 is 23.2 Å². The lowest BCUT2D eigenvalue weighted by Gasteiger charge is -2.37. The summed E-state index contributed by atoms with van der Waals surface area (Å²) in [5, 5.41) is 7.08. The van der Waals surface area contributed by atoms with Gasteiger partial charge in [0.2, 0.25) is 11.9 Å². The molecule has 2 aromatic carbocycles. The van der Waals surface area contributed by atoms with Crippen LogP contribution in [0.25, 0.3) is 11.3 Å². The Hall–Kier alpha value is -4.21. The molecule has 9 heteroatoms. The van der Waals surface area contributed by atoms with E-state index < -0.39 is 0 Å². The molecule has 226 valence electrons. The van der Waals surface area contributed by atoms with Crippen LogP contribution >= 0.6 is 0 Å². The molecule has 0 radical (unpaired) electrons. The maximum absolute atomic E-state index is 12.1. The van der Waals surface area contributed by atoms with Gasteiger partial charge in [0.05, 0.1) is 12.3 Å². The number of fused-ring (bicyclic) bond motifs is 7. The molecule has 6 bridgehead atoms. The highest BCUT2D eigenvalue weighted by atomic mass is 16.5. The second-order valence-electron chi connectivity index (χ2n) is 11.3. The number of piperidine rings is 1. The van der Waals surface area contributed by atoms with Crippen LogP contribution in [0.2, 0.25) is 0 Å². The molecule has 1 fully saturated rings. The number of hydrogen-bond donors (Lipinski definition) is 2. The van der Waals surface area contributed by atoms with Gasteiger partial charge in [0, 0.05) is 68.4 Å². The Morgan fingerprint density at radius 1 is 1.23 bits per heavy atom. The summed E-state index contributed by atoms with van der Waals surface area (Å²) in [5.41, 5.74) is 4.97. The topological polar surface area (TPSA) is 85.9 Å². The molecule has 0 aliphatic carbocycles. The highest BCUT2D eigenvalue weighted by Gasteiger charge is 2.24. The van der Waals surface area contributed by atoms with Crippen LogP contribution in [-0.4, -0.2) is 90.0 Å². The van der Waals surface area contributed by atoms with Crippen molar-refractivity contribution in [3.63, 3.8) is 0 Å². The standard InChI is InChI=1S/C34H43N7O2/c1-4-33(42)41-17-9-11-30(25-41)40(3)18-15-35-28-20-26-21-29(23-28)37-34-36-14-13-32(38-34)27-10-8-12-31(22-27)43-19-7-5-6-16-39(2)24-26/h4-6,8,10,12-14,20-23,30,35H,1,7,9,11,15-19,24-25H2,2-3H3,(H,36,37,38)/b6-5+. The first kappa shape index (κ1) is 30.3. The first-order valence-electron chi connectivity index (χ1n) is 15.1. The van der Waals surface area contributed by atoms with Crippen LogP contribution in [0, 0.1) is 0 Å². The molecule has 2 aliphatic heterocycles. The third kappa shape index (κ3) is 8.65. The molecule has 2 N–H and O–H groups in total. The molecular weight excluding hydrogens is 538 g/mol. The van der Waals surface area contributed by atoms with E-state index >= 15 is 0 Å². The van der Waals surface area contributed by atoms with E-state index in [9.17, 15) is 4.79 Å². The van der Waals surface area contributed by atoms with Gasteiger partial charge in [-0.1, -0.05) is 30.9 Å². The third-order valence-electron chi connectivity index (χ3n) is 7.92. The van der Waals surface area contributed by atoms with Crippen LogP contribution in [0.15, 0.2) is 79.5 Å². The van der Waals surface area contributed by atoms with Gasteiger partial charge in [-0.3, -0.25) is 14.6 Å². The Morgan fingerprint density at radius 3 is 3.02 bits per heavy atom. The summed E-state index contributed by atoms with van der Waals surface area (Å²) in [6.07, 6.45) is 10.5. The van der Waals surface area contributed by atoms with Gasteiger partial charge in [0.1, 0.15) is 5.75 Å². The molecule has 1 aromatic heterocycles. The molecule has 0 saturated carbocycles. The lowest BCUT2D eigenvalue weighted by atomic mass is 10.0. The summed E-state index contributed by atoms with van der Waals surface area (Å²) in [6, 6.07) is 16.8. The maximum atomic E-state index is 12.1. The average Bonchev–Trinajstić information content (AvgIpc) is 3.02. The number of anilines is 3. The van der Waals surface area contributed by atoms with Crippen LogP contribution in [0.5, 0.6) is 5.75 Å². The van der Waals surface area contributed by atoms with Crippen molar-refractivity contribution in [2.45, 2.75) is 31.8 Å². The molecule has 3 heterocycles. The molecule has 1 atom stereocenters. The lowest BCUT2D eigenvalue weighted by Crippen LogP contribution is -2.49. The summed E-state index contributed by atoms with van der Waals surface area (Å²) in [5.74, 6) is 1.39. The Labute approximate surface area is 255 Å². The number of likely N-dealkylation sites (N-methyl/N-ethyl adjacent to an activating group) is 2. The second-order valence-corrected chi connectivity index (χ2v) is 11.3. The van der Waals surface area contributed by atoms with Crippen molar-refractivity contribution < 1.29 is 9.53 Å².